The standard InChI is InChI=1S/C13H10FNO2.C7H6ClNO2.ClH/c1-17-13(16)10-6-7-15-12(8-10)9-2-4-11(14)5-3-9;1-11-7(10)5-2-3-9-6(8)4-5;/h2-8H,1H3;2-4H,1H3;1H. The highest BCUT2D eigenvalue weighted by Gasteiger charge is 2.07. The molecule has 0 saturated heterocycles. The van der Waals surface area contributed by atoms with Crippen LogP contribution >= 0.6 is 24.0 Å². The van der Waals surface area contributed by atoms with Crippen molar-refractivity contribution in [3.8, 4) is 11.3 Å². The molecule has 3 aromatic rings. The van der Waals surface area contributed by atoms with Crippen molar-refractivity contribution in [3.05, 3.63) is 83.0 Å². The number of halogens is 3. The topological polar surface area (TPSA) is 78.4 Å². The summed E-state index contributed by atoms with van der Waals surface area (Å²) in [6.07, 6.45) is 2.97. The molecule has 9 heteroatoms. The van der Waals surface area contributed by atoms with Crippen LogP contribution in [-0.2, 0) is 9.47 Å². The molecule has 0 spiro atoms. The fraction of sp³-hybridized carbons (Fsp3) is 0.100. The second-order valence-corrected chi connectivity index (χ2v) is 5.67. The lowest BCUT2D eigenvalue weighted by Gasteiger charge is -2.03. The third-order valence-electron chi connectivity index (χ3n) is 3.47. The quantitative estimate of drug-likeness (QED) is 0.438. The molecule has 0 aliphatic carbocycles. The fourth-order valence-corrected chi connectivity index (χ4v) is 2.28. The second-order valence-electron chi connectivity index (χ2n) is 5.29. The van der Waals surface area contributed by atoms with Crippen molar-refractivity contribution in [2.45, 2.75) is 0 Å². The van der Waals surface area contributed by atoms with Gasteiger partial charge in [0, 0.05) is 18.0 Å². The van der Waals surface area contributed by atoms with E-state index in [0.29, 0.717) is 16.8 Å². The van der Waals surface area contributed by atoms with Crippen molar-refractivity contribution >= 4 is 35.9 Å². The summed E-state index contributed by atoms with van der Waals surface area (Å²) in [6.45, 7) is 0. The molecule has 1 aromatic carbocycles. The number of carbonyl (C=O) groups excluding carboxylic acids is 2. The molecular weight excluding hydrogens is 422 g/mol. The number of aromatic nitrogens is 2. The van der Waals surface area contributed by atoms with Crippen molar-refractivity contribution in [1.29, 1.82) is 0 Å². The molecule has 0 saturated carbocycles. The van der Waals surface area contributed by atoms with Crippen LogP contribution in [0.1, 0.15) is 20.7 Å². The number of benzene rings is 1. The van der Waals surface area contributed by atoms with E-state index in [1.165, 1.54) is 50.9 Å². The molecule has 152 valence electrons. The molecule has 29 heavy (non-hydrogen) atoms. The van der Waals surface area contributed by atoms with E-state index >= 15 is 0 Å². The largest absolute Gasteiger partial charge is 0.465 e. The third kappa shape index (κ3) is 7.14. The average Bonchev–Trinajstić information content (AvgIpc) is 2.73. The van der Waals surface area contributed by atoms with Crippen molar-refractivity contribution in [1.82, 2.24) is 9.97 Å². The van der Waals surface area contributed by atoms with Crippen LogP contribution in [0.15, 0.2) is 60.9 Å². The zero-order valence-electron chi connectivity index (χ0n) is 15.5. The Morgan fingerprint density at radius 2 is 1.38 bits per heavy atom. The van der Waals surface area contributed by atoms with Crippen LogP contribution in [0.4, 0.5) is 4.39 Å². The van der Waals surface area contributed by atoms with Crippen LogP contribution in [-0.4, -0.2) is 36.1 Å². The summed E-state index contributed by atoms with van der Waals surface area (Å²) >= 11 is 5.53. The van der Waals surface area contributed by atoms with Crippen LogP contribution in [0.2, 0.25) is 5.15 Å². The van der Waals surface area contributed by atoms with Crippen molar-refractivity contribution < 1.29 is 23.5 Å². The minimum Gasteiger partial charge on any atom is -0.465 e. The van der Waals surface area contributed by atoms with Gasteiger partial charge in [-0.3, -0.25) is 4.98 Å². The van der Waals surface area contributed by atoms with Crippen LogP contribution in [0.3, 0.4) is 0 Å². The molecule has 0 atom stereocenters. The highest BCUT2D eigenvalue weighted by Crippen LogP contribution is 2.18. The maximum Gasteiger partial charge on any atom is 0.338 e. The number of pyridine rings is 2. The molecular formula is C20H17Cl2FN2O4. The zero-order chi connectivity index (χ0) is 20.5. The van der Waals surface area contributed by atoms with Gasteiger partial charge in [-0.1, -0.05) is 11.6 Å². The monoisotopic (exact) mass is 438 g/mol. The fourth-order valence-electron chi connectivity index (χ4n) is 2.10. The number of esters is 2. The van der Waals surface area contributed by atoms with Gasteiger partial charge in [0.2, 0.25) is 0 Å². The van der Waals surface area contributed by atoms with Gasteiger partial charge in [0.05, 0.1) is 31.0 Å². The minimum absolute atomic E-state index is 0. The molecule has 0 bridgehead atoms. The van der Waals surface area contributed by atoms with Gasteiger partial charge < -0.3 is 9.47 Å². The molecule has 0 aliphatic heterocycles. The Labute approximate surface area is 178 Å². The molecule has 0 amide bonds. The summed E-state index contributed by atoms with van der Waals surface area (Å²) in [4.78, 5) is 30.0. The lowest BCUT2D eigenvalue weighted by molar-refractivity contribution is 0.0592. The summed E-state index contributed by atoms with van der Waals surface area (Å²) in [7, 11) is 2.64. The SMILES string of the molecule is COC(=O)c1ccnc(-c2ccc(F)cc2)c1.COC(=O)c1ccnc(Cl)c1.Cl. The Balaban J connectivity index is 0.000000306. The number of nitrogens with zero attached hydrogens (tertiary/aromatic N) is 2. The maximum atomic E-state index is 12.8. The zero-order valence-corrected chi connectivity index (χ0v) is 17.0. The van der Waals surface area contributed by atoms with Crippen molar-refractivity contribution in [3.63, 3.8) is 0 Å². The van der Waals surface area contributed by atoms with Gasteiger partial charge in [-0.15, -0.1) is 12.4 Å². The van der Waals surface area contributed by atoms with E-state index in [-0.39, 0.29) is 23.4 Å². The van der Waals surface area contributed by atoms with Crippen LogP contribution in [0.5, 0.6) is 0 Å². The summed E-state index contributed by atoms with van der Waals surface area (Å²) < 4.78 is 21.9. The first-order chi connectivity index (χ1) is 13.4. The van der Waals surface area contributed by atoms with E-state index in [2.05, 4.69) is 19.4 Å². The highest BCUT2D eigenvalue weighted by molar-refractivity contribution is 6.29. The van der Waals surface area contributed by atoms with Crippen LogP contribution in [0, 0.1) is 5.82 Å². The molecule has 0 radical (unpaired) electrons. The second kappa shape index (κ2) is 11.7. The average molecular weight is 439 g/mol. The predicted octanol–water partition coefficient (Wildman–Crippen LogP) is 4.62. The van der Waals surface area contributed by atoms with Gasteiger partial charge in [-0.05, 0) is 48.5 Å². The maximum absolute atomic E-state index is 12.8. The van der Waals surface area contributed by atoms with Gasteiger partial charge in [-0.2, -0.15) is 0 Å². The van der Waals surface area contributed by atoms with Crippen LogP contribution < -0.4 is 0 Å². The molecule has 0 fully saturated rings. The first-order valence-corrected chi connectivity index (χ1v) is 8.32. The van der Waals surface area contributed by atoms with E-state index in [1.54, 1.807) is 24.3 Å². The van der Waals surface area contributed by atoms with Gasteiger partial charge in [0.1, 0.15) is 11.0 Å². The van der Waals surface area contributed by atoms with E-state index in [4.69, 9.17) is 11.6 Å². The predicted molar refractivity (Wildman–Crippen MR) is 109 cm³/mol. The number of methoxy groups -OCH3 is 2. The summed E-state index contributed by atoms with van der Waals surface area (Å²) in [6, 6.07) is 12.1. The van der Waals surface area contributed by atoms with E-state index in [0.717, 1.165) is 5.56 Å². The molecule has 3 rings (SSSR count). The number of hydrogen-bond donors (Lipinski definition) is 0. The van der Waals surface area contributed by atoms with Gasteiger partial charge >= 0.3 is 11.9 Å². The summed E-state index contributed by atoms with van der Waals surface area (Å²) in [5, 5.41) is 0.285. The van der Waals surface area contributed by atoms with Gasteiger partial charge in [-0.25, -0.2) is 19.0 Å². The molecule has 0 aliphatic rings. The lowest BCUT2D eigenvalue weighted by Crippen LogP contribution is -2.01. The number of hydrogen-bond acceptors (Lipinski definition) is 6. The van der Waals surface area contributed by atoms with Crippen molar-refractivity contribution in [2.24, 2.45) is 0 Å². The number of ether oxygens (including phenoxy) is 2. The summed E-state index contributed by atoms with van der Waals surface area (Å²) in [5.41, 5.74) is 2.18. The Hall–Kier alpha value is -3.03. The normalized spacial score (nSPS) is 9.38. The van der Waals surface area contributed by atoms with Crippen LogP contribution in [0.25, 0.3) is 11.3 Å². The number of rotatable bonds is 3. The first-order valence-electron chi connectivity index (χ1n) is 7.94. The molecule has 0 unspecified atom stereocenters. The lowest BCUT2D eigenvalue weighted by atomic mass is 10.1. The van der Waals surface area contributed by atoms with E-state index in [1.807, 2.05) is 0 Å². The molecule has 0 N–H and O–H groups in total. The minimum atomic E-state index is -0.421. The van der Waals surface area contributed by atoms with E-state index in [9.17, 15) is 14.0 Å². The highest BCUT2D eigenvalue weighted by atomic mass is 35.5. The van der Waals surface area contributed by atoms with Crippen molar-refractivity contribution in [2.75, 3.05) is 14.2 Å². The van der Waals surface area contributed by atoms with Gasteiger partial charge in [0.25, 0.3) is 0 Å². The Morgan fingerprint density at radius 3 is 1.90 bits per heavy atom. The smallest absolute Gasteiger partial charge is 0.338 e. The first kappa shape index (κ1) is 24.0. The molecule has 2 heterocycles. The Morgan fingerprint density at radius 1 is 0.862 bits per heavy atom. The Bertz CT molecular complexity index is 969. The summed E-state index contributed by atoms with van der Waals surface area (Å²) in [5.74, 6) is -1.14. The Kier molecular flexibility index (Phi) is 9.71. The number of carbonyl (C=O) groups is 2. The van der Waals surface area contributed by atoms with E-state index < -0.39 is 11.9 Å². The third-order valence-corrected chi connectivity index (χ3v) is 3.68. The molecule has 2 aromatic heterocycles. The molecule has 6 nitrogen and oxygen atoms in total. The van der Waals surface area contributed by atoms with Gasteiger partial charge in [0.15, 0.2) is 0 Å².